The number of benzene rings is 2. The lowest BCUT2D eigenvalue weighted by atomic mass is 9.97. The molecule has 3 nitrogen and oxygen atoms in total. The molecule has 132 valence electrons. The van der Waals surface area contributed by atoms with Gasteiger partial charge in [0.15, 0.2) is 6.29 Å². The first-order chi connectivity index (χ1) is 12.2. The Morgan fingerprint density at radius 1 is 1.04 bits per heavy atom. The molecule has 0 aliphatic heterocycles. The minimum Gasteiger partial charge on any atom is -0.491 e. The van der Waals surface area contributed by atoms with E-state index in [1.165, 1.54) is 0 Å². The number of carbonyl (C=O) groups excluding carboxylic acids is 1. The lowest BCUT2D eigenvalue weighted by molar-refractivity contribution is 0.0981. The number of rotatable bonds is 10. The lowest BCUT2D eigenvalue weighted by Crippen LogP contribution is -2.07. The van der Waals surface area contributed by atoms with Gasteiger partial charge in [0, 0.05) is 12.2 Å². The highest BCUT2D eigenvalue weighted by Crippen LogP contribution is 2.26. The monoisotopic (exact) mass is 338 g/mol. The standard InChI is InChI=1S/C22H26O3/c1-4-5-12-24-13-14-25-21-9-6-18(7-10-21)19-8-11-22(17(2)3)20(15-19)16-23/h6-11,15-16H,2,4-5,12-14H2,1,3H3. The Labute approximate surface area is 150 Å². The molecule has 0 saturated carbocycles. The van der Waals surface area contributed by atoms with Crippen LogP contribution < -0.4 is 4.74 Å². The lowest BCUT2D eigenvalue weighted by Gasteiger charge is -2.10. The van der Waals surface area contributed by atoms with Gasteiger partial charge in [-0.25, -0.2) is 0 Å². The van der Waals surface area contributed by atoms with Gasteiger partial charge in [-0.15, -0.1) is 0 Å². The molecule has 0 aromatic heterocycles. The van der Waals surface area contributed by atoms with Crippen LogP contribution in [0.25, 0.3) is 16.7 Å². The molecular weight excluding hydrogens is 312 g/mol. The molecule has 0 spiro atoms. The van der Waals surface area contributed by atoms with E-state index in [0.717, 1.165) is 53.7 Å². The maximum Gasteiger partial charge on any atom is 0.150 e. The molecule has 3 heteroatoms. The number of hydrogen-bond donors (Lipinski definition) is 0. The van der Waals surface area contributed by atoms with Crippen LogP contribution in [-0.4, -0.2) is 26.1 Å². The molecule has 2 rings (SSSR count). The largest absolute Gasteiger partial charge is 0.491 e. The van der Waals surface area contributed by atoms with E-state index in [1.807, 2.05) is 49.4 Å². The van der Waals surface area contributed by atoms with E-state index in [1.54, 1.807) is 0 Å². The Hall–Kier alpha value is -2.39. The highest BCUT2D eigenvalue weighted by atomic mass is 16.5. The van der Waals surface area contributed by atoms with E-state index >= 15 is 0 Å². The summed E-state index contributed by atoms with van der Waals surface area (Å²) in [6, 6.07) is 13.7. The maximum atomic E-state index is 11.3. The van der Waals surface area contributed by atoms with Crippen molar-refractivity contribution in [3.63, 3.8) is 0 Å². The minimum atomic E-state index is 0.547. The van der Waals surface area contributed by atoms with Crippen LogP contribution in [0.1, 0.15) is 42.6 Å². The van der Waals surface area contributed by atoms with Crippen LogP contribution >= 0.6 is 0 Å². The van der Waals surface area contributed by atoms with Crippen molar-refractivity contribution in [2.75, 3.05) is 19.8 Å². The van der Waals surface area contributed by atoms with Crippen molar-refractivity contribution in [1.29, 1.82) is 0 Å². The Kier molecular flexibility index (Phi) is 7.42. The van der Waals surface area contributed by atoms with Crippen molar-refractivity contribution in [2.24, 2.45) is 0 Å². The molecule has 0 heterocycles. The smallest absolute Gasteiger partial charge is 0.150 e. The van der Waals surface area contributed by atoms with Crippen LogP contribution in [0.4, 0.5) is 0 Å². The van der Waals surface area contributed by atoms with Crippen molar-refractivity contribution in [3.8, 4) is 16.9 Å². The van der Waals surface area contributed by atoms with Crippen LogP contribution in [-0.2, 0) is 4.74 Å². The van der Waals surface area contributed by atoms with Crippen LogP contribution in [0, 0.1) is 0 Å². The zero-order valence-corrected chi connectivity index (χ0v) is 15.1. The topological polar surface area (TPSA) is 35.5 Å². The first-order valence-corrected chi connectivity index (χ1v) is 8.71. The molecule has 0 fully saturated rings. The molecule has 0 amide bonds. The van der Waals surface area contributed by atoms with Gasteiger partial charge in [-0.05, 0) is 48.2 Å². The summed E-state index contributed by atoms with van der Waals surface area (Å²) in [6.45, 7) is 9.90. The summed E-state index contributed by atoms with van der Waals surface area (Å²) >= 11 is 0. The maximum absolute atomic E-state index is 11.3. The molecule has 0 aliphatic rings. The minimum absolute atomic E-state index is 0.547. The predicted octanol–water partition coefficient (Wildman–Crippen LogP) is 5.39. The number of ether oxygens (including phenoxy) is 2. The van der Waals surface area contributed by atoms with E-state index in [0.29, 0.717) is 18.8 Å². The summed E-state index contributed by atoms with van der Waals surface area (Å²) < 4.78 is 11.2. The van der Waals surface area contributed by atoms with Crippen molar-refractivity contribution in [2.45, 2.75) is 26.7 Å². The van der Waals surface area contributed by atoms with E-state index < -0.39 is 0 Å². The van der Waals surface area contributed by atoms with Crippen molar-refractivity contribution >= 4 is 11.9 Å². The summed E-state index contributed by atoms with van der Waals surface area (Å²) in [5, 5.41) is 0. The molecule has 0 bridgehead atoms. The average molecular weight is 338 g/mol. The highest BCUT2D eigenvalue weighted by molar-refractivity contribution is 5.87. The molecule has 2 aromatic rings. The quantitative estimate of drug-likeness (QED) is 0.430. The van der Waals surface area contributed by atoms with Gasteiger partial charge in [0.25, 0.3) is 0 Å². The van der Waals surface area contributed by atoms with Gasteiger partial charge in [0.1, 0.15) is 12.4 Å². The second-order valence-electron chi connectivity index (χ2n) is 6.04. The second-order valence-corrected chi connectivity index (χ2v) is 6.04. The van der Waals surface area contributed by atoms with E-state index in [4.69, 9.17) is 9.47 Å². The number of aldehydes is 1. The molecule has 0 N–H and O–H groups in total. The number of unbranched alkanes of at least 4 members (excludes halogenated alkanes) is 1. The Morgan fingerprint density at radius 3 is 2.40 bits per heavy atom. The van der Waals surface area contributed by atoms with Crippen LogP contribution in [0.15, 0.2) is 49.0 Å². The Balaban J connectivity index is 1.98. The number of hydrogen-bond acceptors (Lipinski definition) is 3. The second kappa shape index (κ2) is 9.80. The highest BCUT2D eigenvalue weighted by Gasteiger charge is 2.06. The van der Waals surface area contributed by atoms with Gasteiger partial charge < -0.3 is 9.47 Å². The van der Waals surface area contributed by atoms with Gasteiger partial charge in [0.05, 0.1) is 6.61 Å². The first-order valence-electron chi connectivity index (χ1n) is 8.71. The third-order valence-corrected chi connectivity index (χ3v) is 3.96. The number of allylic oxidation sites excluding steroid dienone is 1. The summed E-state index contributed by atoms with van der Waals surface area (Å²) in [4.78, 5) is 11.3. The predicted molar refractivity (Wildman–Crippen MR) is 103 cm³/mol. The van der Waals surface area contributed by atoms with Crippen molar-refractivity contribution in [3.05, 3.63) is 60.2 Å². The van der Waals surface area contributed by atoms with Crippen LogP contribution in [0.3, 0.4) is 0 Å². The van der Waals surface area contributed by atoms with Gasteiger partial charge in [-0.3, -0.25) is 4.79 Å². The van der Waals surface area contributed by atoms with Crippen molar-refractivity contribution < 1.29 is 14.3 Å². The molecule has 2 aromatic carbocycles. The number of carbonyl (C=O) groups is 1. The van der Waals surface area contributed by atoms with Crippen LogP contribution in [0.5, 0.6) is 5.75 Å². The zero-order chi connectivity index (χ0) is 18.1. The average Bonchev–Trinajstić information content (AvgIpc) is 2.64. The summed E-state index contributed by atoms with van der Waals surface area (Å²) in [6.07, 6.45) is 3.10. The van der Waals surface area contributed by atoms with E-state index in [9.17, 15) is 4.79 Å². The molecule has 0 aliphatic carbocycles. The molecule has 0 atom stereocenters. The van der Waals surface area contributed by atoms with Gasteiger partial charge in [-0.2, -0.15) is 0 Å². The normalized spacial score (nSPS) is 10.5. The van der Waals surface area contributed by atoms with Crippen LogP contribution in [0.2, 0.25) is 0 Å². The van der Waals surface area contributed by atoms with Crippen molar-refractivity contribution in [1.82, 2.24) is 0 Å². The Bertz CT molecular complexity index is 702. The SMILES string of the molecule is C=C(C)c1ccc(-c2ccc(OCCOCCCC)cc2)cc1C=O. The van der Waals surface area contributed by atoms with E-state index in [2.05, 4.69) is 13.5 Å². The van der Waals surface area contributed by atoms with Gasteiger partial charge in [0.2, 0.25) is 0 Å². The fourth-order valence-corrected chi connectivity index (χ4v) is 2.54. The summed E-state index contributed by atoms with van der Waals surface area (Å²) in [5.74, 6) is 0.817. The molecule has 25 heavy (non-hydrogen) atoms. The van der Waals surface area contributed by atoms with Gasteiger partial charge in [-0.1, -0.05) is 49.8 Å². The zero-order valence-electron chi connectivity index (χ0n) is 15.1. The fraction of sp³-hybridized carbons (Fsp3) is 0.318. The third-order valence-electron chi connectivity index (χ3n) is 3.96. The molecule has 0 saturated heterocycles. The van der Waals surface area contributed by atoms with E-state index in [-0.39, 0.29) is 0 Å². The first kappa shape index (κ1) is 18.9. The molecule has 0 unspecified atom stereocenters. The molecular formula is C22H26O3. The van der Waals surface area contributed by atoms with Gasteiger partial charge >= 0.3 is 0 Å². The summed E-state index contributed by atoms with van der Waals surface area (Å²) in [7, 11) is 0. The fourth-order valence-electron chi connectivity index (χ4n) is 2.54. The third kappa shape index (κ3) is 5.57. The molecule has 0 radical (unpaired) electrons. The Morgan fingerprint density at radius 2 is 1.76 bits per heavy atom. The summed E-state index contributed by atoms with van der Waals surface area (Å²) in [5.41, 5.74) is 4.49.